The van der Waals surface area contributed by atoms with Crippen molar-refractivity contribution in [3.8, 4) is 0 Å². The highest BCUT2D eigenvalue weighted by molar-refractivity contribution is 6.24. The number of fused-ring (bicyclic) bond motifs is 14. The summed E-state index contributed by atoms with van der Waals surface area (Å²) < 4.78 is 10.5. The van der Waals surface area contributed by atoms with Crippen molar-refractivity contribution in [3.63, 3.8) is 0 Å². The molecule has 0 aliphatic rings. The summed E-state index contributed by atoms with van der Waals surface area (Å²) in [6.07, 6.45) is 20.6. The average Bonchev–Trinajstić information content (AvgIpc) is 4.05. The fourth-order valence-electron chi connectivity index (χ4n) is 11.1. The molecule has 0 N–H and O–H groups in total. The number of hydrogen-bond donors (Lipinski definition) is 0. The molecule has 0 fully saturated rings. The van der Waals surface area contributed by atoms with Crippen molar-refractivity contribution in [3.05, 3.63) is 121 Å². The molecule has 0 spiro atoms. The highest BCUT2D eigenvalue weighted by atomic mass is 15.0. The molecule has 4 nitrogen and oxygen atoms in total. The first-order valence-electron chi connectivity index (χ1n) is 25.5. The van der Waals surface area contributed by atoms with Crippen molar-refractivity contribution < 1.29 is 0 Å². The molecular weight excluding hydrogens is 777 g/mol. The Kier molecular flexibility index (Phi) is 14.1. The lowest BCUT2D eigenvalue weighted by Crippen LogP contribution is -2.02. The standard InChI is InChI=1S/2C30H36N2/c2*1-3-5-7-13-21-31-27-17-11-9-15-23(27)25-19-20-26-24-16-10-12-18-28(24)32(30(26)29(25)31)22-14-8-6-4-2/h2*9-12,15-20H,3-8,13-14,21-22H2,1-2H3. The van der Waals surface area contributed by atoms with Crippen LogP contribution in [-0.2, 0) is 26.2 Å². The average molecular weight is 849 g/mol. The van der Waals surface area contributed by atoms with Crippen LogP contribution in [0.15, 0.2) is 121 Å². The predicted octanol–water partition coefficient (Wildman–Crippen LogP) is 18.1. The van der Waals surface area contributed by atoms with E-state index in [0.29, 0.717) is 0 Å². The first kappa shape index (κ1) is 43.8. The third-order valence-corrected chi connectivity index (χ3v) is 14.3. The molecule has 10 rings (SSSR count). The summed E-state index contributed by atoms with van der Waals surface area (Å²) in [4.78, 5) is 0. The summed E-state index contributed by atoms with van der Waals surface area (Å²) in [5, 5.41) is 11.2. The van der Waals surface area contributed by atoms with Gasteiger partial charge in [0.2, 0.25) is 0 Å². The Labute approximate surface area is 381 Å². The van der Waals surface area contributed by atoms with Gasteiger partial charge in [-0.3, -0.25) is 0 Å². The van der Waals surface area contributed by atoms with Gasteiger partial charge in [0, 0.05) is 91.3 Å². The molecule has 0 amide bonds. The molecule has 0 radical (unpaired) electrons. The van der Waals surface area contributed by atoms with E-state index in [-0.39, 0.29) is 0 Å². The van der Waals surface area contributed by atoms with Gasteiger partial charge in [-0.1, -0.05) is 202 Å². The van der Waals surface area contributed by atoms with E-state index in [2.05, 4.69) is 167 Å². The number of para-hydroxylation sites is 4. The molecule has 0 aliphatic heterocycles. The van der Waals surface area contributed by atoms with Crippen molar-refractivity contribution in [2.75, 3.05) is 0 Å². The topological polar surface area (TPSA) is 19.7 Å². The summed E-state index contributed by atoms with van der Waals surface area (Å²) in [7, 11) is 0. The third-order valence-electron chi connectivity index (χ3n) is 14.3. The van der Waals surface area contributed by atoms with Crippen LogP contribution in [0, 0.1) is 0 Å². The van der Waals surface area contributed by atoms with E-state index in [1.165, 1.54) is 190 Å². The van der Waals surface area contributed by atoms with Crippen molar-refractivity contribution in [2.45, 2.75) is 157 Å². The van der Waals surface area contributed by atoms with Crippen LogP contribution in [0.3, 0.4) is 0 Å². The number of unbranched alkanes of at least 4 members (excludes halogenated alkanes) is 12. The van der Waals surface area contributed by atoms with Crippen LogP contribution >= 0.6 is 0 Å². The van der Waals surface area contributed by atoms with Gasteiger partial charge >= 0.3 is 0 Å². The SMILES string of the molecule is CCCCCCn1c2ccccc2c2ccc3c4ccccc4n(CCCCCC)c3c21.CCCCCCn1c2ccccc2c2ccc3c4ccccc4n(CCCCCC)c3c21. The zero-order valence-corrected chi connectivity index (χ0v) is 39.5. The lowest BCUT2D eigenvalue weighted by Gasteiger charge is -2.12. The van der Waals surface area contributed by atoms with Crippen molar-refractivity contribution in [2.24, 2.45) is 0 Å². The molecule has 0 atom stereocenters. The monoisotopic (exact) mass is 849 g/mol. The van der Waals surface area contributed by atoms with Crippen LogP contribution in [0.25, 0.3) is 87.2 Å². The first-order valence-corrected chi connectivity index (χ1v) is 25.5. The van der Waals surface area contributed by atoms with E-state index in [4.69, 9.17) is 0 Å². The van der Waals surface area contributed by atoms with Gasteiger partial charge in [0.15, 0.2) is 0 Å². The molecule has 0 saturated carbocycles. The second kappa shape index (κ2) is 20.6. The van der Waals surface area contributed by atoms with Crippen LogP contribution < -0.4 is 0 Å². The summed E-state index contributed by atoms with van der Waals surface area (Å²) >= 11 is 0. The molecular formula is C60H72N4. The maximum Gasteiger partial charge on any atom is 0.0739 e. The minimum Gasteiger partial charge on any atom is -0.339 e. The minimum atomic E-state index is 1.10. The van der Waals surface area contributed by atoms with Crippen LogP contribution in [0.2, 0.25) is 0 Å². The minimum absolute atomic E-state index is 1.10. The molecule has 6 aromatic carbocycles. The second-order valence-electron chi connectivity index (χ2n) is 18.6. The van der Waals surface area contributed by atoms with Crippen LogP contribution in [0.1, 0.15) is 130 Å². The largest absolute Gasteiger partial charge is 0.339 e. The number of aromatic nitrogens is 4. The summed E-state index contributed by atoms with van der Waals surface area (Å²) in [6.45, 7) is 13.6. The van der Waals surface area contributed by atoms with Crippen LogP contribution in [0.4, 0.5) is 0 Å². The number of aryl methyl sites for hydroxylation is 4. The fourth-order valence-corrected chi connectivity index (χ4v) is 11.1. The summed E-state index contributed by atoms with van der Waals surface area (Å²) in [5.74, 6) is 0. The fraction of sp³-hybridized carbons (Fsp3) is 0.400. The van der Waals surface area contributed by atoms with Gasteiger partial charge in [-0.15, -0.1) is 0 Å². The van der Waals surface area contributed by atoms with E-state index in [0.717, 1.165) is 26.2 Å². The zero-order chi connectivity index (χ0) is 43.8. The van der Waals surface area contributed by atoms with E-state index in [1.54, 1.807) is 0 Å². The van der Waals surface area contributed by atoms with Gasteiger partial charge in [0.1, 0.15) is 0 Å². The van der Waals surface area contributed by atoms with Gasteiger partial charge in [0.05, 0.1) is 22.1 Å². The summed E-state index contributed by atoms with van der Waals surface area (Å²) in [5.41, 5.74) is 11.3. The van der Waals surface area contributed by atoms with E-state index in [9.17, 15) is 0 Å². The van der Waals surface area contributed by atoms with Crippen LogP contribution in [0.5, 0.6) is 0 Å². The van der Waals surface area contributed by atoms with Gasteiger partial charge < -0.3 is 18.3 Å². The third kappa shape index (κ3) is 8.34. The first-order chi connectivity index (χ1) is 31.7. The van der Waals surface area contributed by atoms with Gasteiger partial charge in [-0.2, -0.15) is 0 Å². The maximum absolute atomic E-state index is 2.63. The van der Waals surface area contributed by atoms with Gasteiger partial charge in [0.25, 0.3) is 0 Å². The molecule has 4 heteroatoms. The molecule has 64 heavy (non-hydrogen) atoms. The molecule has 4 heterocycles. The van der Waals surface area contributed by atoms with Gasteiger partial charge in [-0.05, 0) is 49.9 Å². The Morgan fingerprint density at radius 2 is 0.453 bits per heavy atom. The highest BCUT2D eigenvalue weighted by Gasteiger charge is 2.21. The number of nitrogens with zero attached hydrogens (tertiary/aromatic N) is 4. The molecule has 0 aliphatic carbocycles. The van der Waals surface area contributed by atoms with Gasteiger partial charge in [-0.25, -0.2) is 0 Å². The van der Waals surface area contributed by atoms with Crippen molar-refractivity contribution in [1.82, 2.24) is 18.3 Å². The second-order valence-corrected chi connectivity index (χ2v) is 18.6. The molecule has 10 aromatic rings. The zero-order valence-electron chi connectivity index (χ0n) is 39.5. The lowest BCUT2D eigenvalue weighted by atomic mass is 10.1. The predicted molar refractivity (Wildman–Crippen MR) is 281 cm³/mol. The van der Waals surface area contributed by atoms with E-state index >= 15 is 0 Å². The van der Waals surface area contributed by atoms with Crippen LogP contribution in [-0.4, -0.2) is 18.3 Å². The molecule has 4 aromatic heterocycles. The smallest absolute Gasteiger partial charge is 0.0739 e. The van der Waals surface area contributed by atoms with E-state index < -0.39 is 0 Å². The van der Waals surface area contributed by atoms with E-state index in [1.807, 2.05) is 0 Å². The molecule has 0 unspecified atom stereocenters. The number of rotatable bonds is 20. The quantitative estimate of drug-likeness (QED) is 0.0681. The molecule has 0 bridgehead atoms. The Morgan fingerprint density at radius 1 is 0.234 bits per heavy atom. The molecule has 0 saturated heterocycles. The molecule has 332 valence electrons. The number of hydrogen-bond acceptors (Lipinski definition) is 0. The Hall–Kier alpha value is -5.48. The highest BCUT2D eigenvalue weighted by Crippen LogP contribution is 2.41. The maximum atomic E-state index is 2.63. The Balaban J connectivity index is 0.000000162. The Bertz CT molecular complexity index is 2700. The normalized spacial score (nSPS) is 12.1. The Morgan fingerprint density at radius 3 is 0.672 bits per heavy atom. The summed E-state index contributed by atoms with van der Waals surface area (Å²) in [6, 6.07) is 45.5. The van der Waals surface area contributed by atoms with Crippen molar-refractivity contribution in [1.29, 1.82) is 0 Å². The van der Waals surface area contributed by atoms with Crippen molar-refractivity contribution >= 4 is 87.2 Å². The lowest BCUT2D eigenvalue weighted by molar-refractivity contribution is 0.597. The number of benzene rings is 6.